The van der Waals surface area contributed by atoms with E-state index in [2.05, 4.69) is 5.32 Å². The Hall–Kier alpha value is -2.62. The third-order valence-electron chi connectivity index (χ3n) is 3.92. The SMILES string of the molecule is N#Cc1ccc([N+](=O)[O-])c(NCC2(CC(=O)O)CCC2)c1. The number of carboxylic acids is 1. The van der Waals surface area contributed by atoms with Gasteiger partial charge in [-0.3, -0.25) is 14.9 Å². The number of nitrogens with one attached hydrogen (secondary N) is 1. The number of nitro groups is 1. The van der Waals surface area contributed by atoms with Crippen molar-refractivity contribution in [2.45, 2.75) is 25.7 Å². The minimum atomic E-state index is -0.864. The predicted molar refractivity (Wildman–Crippen MR) is 74.8 cm³/mol. The van der Waals surface area contributed by atoms with Gasteiger partial charge < -0.3 is 10.4 Å². The lowest BCUT2D eigenvalue weighted by Gasteiger charge is -2.41. The van der Waals surface area contributed by atoms with Gasteiger partial charge in [-0.15, -0.1) is 0 Å². The lowest BCUT2D eigenvalue weighted by atomic mass is 9.66. The topological polar surface area (TPSA) is 116 Å². The number of carboxylic acid groups (broad SMARTS) is 1. The van der Waals surface area contributed by atoms with Crippen LogP contribution in [0.15, 0.2) is 18.2 Å². The number of hydrogen-bond acceptors (Lipinski definition) is 5. The van der Waals surface area contributed by atoms with E-state index in [9.17, 15) is 14.9 Å². The maximum atomic E-state index is 11.0. The van der Waals surface area contributed by atoms with Crippen molar-refractivity contribution in [3.05, 3.63) is 33.9 Å². The molecule has 0 radical (unpaired) electrons. The van der Waals surface area contributed by atoms with Crippen LogP contribution in [0.25, 0.3) is 0 Å². The van der Waals surface area contributed by atoms with Crippen LogP contribution in [-0.2, 0) is 4.79 Å². The molecule has 0 saturated heterocycles. The molecule has 0 heterocycles. The molecule has 1 aromatic rings. The molecular weight excluding hydrogens is 274 g/mol. The van der Waals surface area contributed by atoms with E-state index in [1.165, 1.54) is 18.2 Å². The van der Waals surface area contributed by atoms with E-state index in [1.54, 1.807) is 0 Å². The molecule has 2 N–H and O–H groups in total. The van der Waals surface area contributed by atoms with Gasteiger partial charge in [0, 0.05) is 12.6 Å². The molecule has 1 saturated carbocycles. The summed E-state index contributed by atoms with van der Waals surface area (Å²) in [6.07, 6.45) is 2.59. The quantitative estimate of drug-likeness (QED) is 0.614. The lowest BCUT2D eigenvalue weighted by Crippen LogP contribution is -2.38. The van der Waals surface area contributed by atoms with Gasteiger partial charge in [-0.25, -0.2) is 0 Å². The largest absolute Gasteiger partial charge is 0.481 e. The Morgan fingerprint density at radius 1 is 1.52 bits per heavy atom. The molecule has 21 heavy (non-hydrogen) atoms. The second kappa shape index (κ2) is 5.79. The molecule has 1 fully saturated rings. The molecule has 0 amide bonds. The molecule has 0 bridgehead atoms. The first-order chi connectivity index (χ1) is 9.96. The normalized spacial score (nSPS) is 15.6. The fraction of sp³-hybridized carbons (Fsp3) is 0.429. The number of nitriles is 1. The Bertz CT molecular complexity index is 617. The summed E-state index contributed by atoms with van der Waals surface area (Å²) in [6, 6.07) is 6.03. The Morgan fingerprint density at radius 2 is 2.24 bits per heavy atom. The zero-order chi connectivity index (χ0) is 15.5. The van der Waals surface area contributed by atoms with Crippen LogP contribution in [0.3, 0.4) is 0 Å². The van der Waals surface area contributed by atoms with Crippen molar-refractivity contribution in [1.29, 1.82) is 5.26 Å². The van der Waals surface area contributed by atoms with Crippen molar-refractivity contribution in [3.63, 3.8) is 0 Å². The lowest BCUT2D eigenvalue weighted by molar-refractivity contribution is -0.384. The summed E-state index contributed by atoms with van der Waals surface area (Å²) in [7, 11) is 0. The molecule has 7 nitrogen and oxygen atoms in total. The standard InChI is InChI=1S/C14H15N3O4/c15-8-10-2-3-12(17(20)21)11(6-10)16-9-14(4-1-5-14)7-13(18)19/h2-3,6,16H,1,4-5,7,9H2,(H,18,19). The number of nitrogens with zero attached hydrogens (tertiary/aromatic N) is 2. The zero-order valence-corrected chi connectivity index (χ0v) is 11.3. The van der Waals surface area contributed by atoms with E-state index in [1.807, 2.05) is 6.07 Å². The monoisotopic (exact) mass is 289 g/mol. The fourth-order valence-electron chi connectivity index (χ4n) is 2.60. The van der Waals surface area contributed by atoms with Crippen LogP contribution in [0.4, 0.5) is 11.4 Å². The van der Waals surface area contributed by atoms with Crippen molar-refractivity contribution >= 4 is 17.3 Å². The average Bonchev–Trinajstić information content (AvgIpc) is 2.40. The summed E-state index contributed by atoms with van der Waals surface area (Å²) in [5, 5.41) is 31.8. The maximum Gasteiger partial charge on any atom is 0.303 e. The van der Waals surface area contributed by atoms with Crippen LogP contribution < -0.4 is 5.32 Å². The Labute approximate surface area is 121 Å². The van der Waals surface area contributed by atoms with Gasteiger partial charge in [0.2, 0.25) is 0 Å². The number of carbonyl (C=O) groups is 1. The molecule has 1 aliphatic carbocycles. The molecule has 7 heteroatoms. The number of nitro benzene ring substituents is 1. The highest BCUT2D eigenvalue weighted by atomic mass is 16.6. The van der Waals surface area contributed by atoms with Gasteiger partial charge in [0.15, 0.2) is 0 Å². The first kappa shape index (κ1) is 14.8. The molecule has 0 atom stereocenters. The van der Waals surface area contributed by atoms with E-state index >= 15 is 0 Å². The molecule has 2 rings (SSSR count). The summed E-state index contributed by atoms with van der Waals surface area (Å²) in [6.45, 7) is 0.356. The molecule has 110 valence electrons. The van der Waals surface area contributed by atoms with Crippen molar-refractivity contribution < 1.29 is 14.8 Å². The van der Waals surface area contributed by atoms with Crippen molar-refractivity contribution in [2.75, 3.05) is 11.9 Å². The molecule has 0 spiro atoms. The average molecular weight is 289 g/mol. The van der Waals surface area contributed by atoms with E-state index in [0.717, 1.165) is 19.3 Å². The smallest absolute Gasteiger partial charge is 0.303 e. The van der Waals surface area contributed by atoms with Crippen LogP contribution in [0.5, 0.6) is 0 Å². The second-order valence-corrected chi connectivity index (χ2v) is 5.38. The van der Waals surface area contributed by atoms with Crippen LogP contribution in [0, 0.1) is 26.9 Å². The minimum absolute atomic E-state index is 0.0474. The number of hydrogen-bond donors (Lipinski definition) is 2. The van der Waals surface area contributed by atoms with Crippen molar-refractivity contribution in [1.82, 2.24) is 0 Å². The third-order valence-corrected chi connectivity index (χ3v) is 3.92. The summed E-state index contributed by atoms with van der Waals surface area (Å²) in [5.74, 6) is -0.864. The van der Waals surface area contributed by atoms with Crippen molar-refractivity contribution in [3.8, 4) is 6.07 Å². The van der Waals surface area contributed by atoms with Crippen LogP contribution in [0.2, 0.25) is 0 Å². The second-order valence-electron chi connectivity index (χ2n) is 5.38. The Balaban J connectivity index is 2.17. The Kier molecular flexibility index (Phi) is 4.08. The molecule has 1 aliphatic rings. The molecular formula is C14H15N3O4. The number of aliphatic carboxylic acids is 1. The highest BCUT2D eigenvalue weighted by Crippen LogP contribution is 2.44. The summed E-state index contributed by atoms with van der Waals surface area (Å²) < 4.78 is 0. The highest BCUT2D eigenvalue weighted by Gasteiger charge is 2.39. The van der Waals surface area contributed by atoms with E-state index in [4.69, 9.17) is 10.4 Å². The van der Waals surface area contributed by atoms with Gasteiger partial charge in [0.25, 0.3) is 5.69 Å². The summed E-state index contributed by atoms with van der Waals surface area (Å²) in [4.78, 5) is 21.4. The van der Waals surface area contributed by atoms with E-state index in [0.29, 0.717) is 12.1 Å². The van der Waals surface area contributed by atoms with Gasteiger partial charge in [-0.1, -0.05) is 6.42 Å². The Morgan fingerprint density at radius 3 is 2.71 bits per heavy atom. The van der Waals surface area contributed by atoms with Crippen LogP contribution >= 0.6 is 0 Å². The van der Waals surface area contributed by atoms with Gasteiger partial charge in [-0.05, 0) is 30.4 Å². The molecule has 0 aromatic heterocycles. The number of anilines is 1. The fourth-order valence-corrected chi connectivity index (χ4v) is 2.60. The number of rotatable bonds is 6. The van der Waals surface area contributed by atoms with Gasteiger partial charge in [-0.2, -0.15) is 5.26 Å². The van der Waals surface area contributed by atoms with Gasteiger partial charge in [0.1, 0.15) is 5.69 Å². The van der Waals surface area contributed by atoms with Crippen molar-refractivity contribution in [2.24, 2.45) is 5.41 Å². The summed E-state index contributed by atoms with van der Waals surface area (Å²) >= 11 is 0. The number of benzene rings is 1. The van der Waals surface area contributed by atoms with Gasteiger partial charge >= 0.3 is 5.97 Å². The van der Waals surface area contributed by atoms with Crippen LogP contribution in [-0.4, -0.2) is 22.5 Å². The van der Waals surface area contributed by atoms with Crippen LogP contribution in [0.1, 0.15) is 31.2 Å². The zero-order valence-electron chi connectivity index (χ0n) is 11.3. The molecule has 0 unspecified atom stereocenters. The first-order valence-electron chi connectivity index (χ1n) is 6.60. The first-order valence-corrected chi connectivity index (χ1v) is 6.60. The minimum Gasteiger partial charge on any atom is -0.481 e. The van der Waals surface area contributed by atoms with E-state index in [-0.39, 0.29) is 23.2 Å². The van der Waals surface area contributed by atoms with Gasteiger partial charge in [0.05, 0.1) is 23.0 Å². The maximum absolute atomic E-state index is 11.0. The predicted octanol–water partition coefficient (Wildman–Crippen LogP) is 2.52. The third kappa shape index (κ3) is 3.28. The van der Waals surface area contributed by atoms with E-state index < -0.39 is 10.9 Å². The molecule has 0 aliphatic heterocycles. The highest BCUT2D eigenvalue weighted by molar-refractivity contribution is 5.68. The molecule has 1 aromatic carbocycles. The summed E-state index contributed by atoms with van der Waals surface area (Å²) in [5.41, 5.74) is 0.126.